The van der Waals surface area contributed by atoms with Gasteiger partial charge in [-0.1, -0.05) is 46.3 Å². The minimum absolute atomic E-state index is 0.120. The van der Waals surface area contributed by atoms with Crippen molar-refractivity contribution in [3.8, 4) is 0 Å². The third-order valence-corrected chi connectivity index (χ3v) is 8.07. The second kappa shape index (κ2) is 10.2. The molecule has 0 aliphatic rings. The van der Waals surface area contributed by atoms with Gasteiger partial charge in [-0.3, -0.25) is 4.79 Å². The van der Waals surface area contributed by atoms with E-state index in [-0.39, 0.29) is 11.3 Å². The lowest BCUT2D eigenvalue weighted by Gasteiger charge is -2.20. The van der Waals surface area contributed by atoms with Gasteiger partial charge in [0.15, 0.2) is 0 Å². The molecule has 162 valence electrons. The molecule has 0 saturated carbocycles. The quantitative estimate of drug-likeness (QED) is 0.360. The zero-order chi connectivity index (χ0) is 22.6. The molecule has 0 aliphatic carbocycles. The number of hydrogen-bond acceptors (Lipinski definition) is 3. The van der Waals surface area contributed by atoms with Crippen molar-refractivity contribution in [2.24, 2.45) is 0 Å². The van der Waals surface area contributed by atoms with Crippen LogP contribution in [-0.2, 0) is 21.2 Å². The second-order valence-electron chi connectivity index (χ2n) is 7.15. The van der Waals surface area contributed by atoms with Crippen LogP contribution in [0.4, 0.5) is 5.69 Å². The van der Waals surface area contributed by atoms with Gasteiger partial charge in [-0.05, 0) is 95.9 Å². The van der Waals surface area contributed by atoms with E-state index < -0.39 is 22.0 Å². The van der Waals surface area contributed by atoms with E-state index in [1.165, 1.54) is 12.1 Å². The van der Waals surface area contributed by atoms with Gasteiger partial charge in [-0.2, -0.15) is 4.72 Å². The highest BCUT2D eigenvalue weighted by Gasteiger charge is 2.26. The van der Waals surface area contributed by atoms with Crippen molar-refractivity contribution in [3.05, 3.63) is 91.5 Å². The van der Waals surface area contributed by atoms with Gasteiger partial charge in [-0.15, -0.1) is 0 Å². The molecule has 0 saturated heterocycles. The number of carbonyl (C=O) groups is 1. The number of halogens is 2. The smallest absolute Gasteiger partial charge is 0.242 e. The maximum Gasteiger partial charge on any atom is 0.242 e. The third kappa shape index (κ3) is 6.15. The molecule has 3 aromatic carbocycles. The summed E-state index contributed by atoms with van der Waals surface area (Å²) in [6.07, 6.45) is 0.227. The first-order valence-corrected chi connectivity index (χ1v) is 12.9. The zero-order valence-corrected chi connectivity index (χ0v) is 21.6. The minimum atomic E-state index is -3.88. The molecular formula is C23H22BrIN2O3S. The van der Waals surface area contributed by atoms with Crippen LogP contribution in [0.5, 0.6) is 0 Å². The molecule has 3 rings (SSSR count). The van der Waals surface area contributed by atoms with Crippen molar-refractivity contribution < 1.29 is 13.2 Å². The van der Waals surface area contributed by atoms with Crippen LogP contribution in [0, 0.1) is 17.4 Å². The van der Waals surface area contributed by atoms with E-state index in [0.29, 0.717) is 5.69 Å². The highest BCUT2D eigenvalue weighted by molar-refractivity contribution is 14.1. The lowest BCUT2D eigenvalue weighted by Crippen LogP contribution is -2.45. The van der Waals surface area contributed by atoms with Crippen molar-refractivity contribution in [2.75, 3.05) is 5.32 Å². The molecule has 3 aromatic rings. The van der Waals surface area contributed by atoms with E-state index >= 15 is 0 Å². The van der Waals surface area contributed by atoms with E-state index in [4.69, 9.17) is 0 Å². The van der Waals surface area contributed by atoms with Crippen LogP contribution in [0.2, 0.25) is 0 Å². The summed E-state index contributed by atoms with van der Waals surface area (Å²) >= 11 is 5.60. The van der Waals surface area contributed by atoms with Gasteiger partial charge >= 0.3 is 0 Å². The Morgan fingerprint density at radius 1 is 0.968 bits per heavy atom. The van der Waals surface area contributed by atoms with Crippen molar-refractivity contribution in [1.29, 1.82) is 0 Å². The Morgan fingerprint density at radius 3 is 2.26 bits per heavy atom. The maximum absolute atomic E-state index is 13.2. The number of carbonyl (C=O) groups excluding carboxylic acids is 1. The van der Waals surface area contributed by atoms with Crippen LogP contribution in [0.25, 0.3) is 0 Å². The Hall–Kier alpha value is -1.75. The number of amides is 1. The number of rotatable bonds is 7. The molecule has 1 amide bonds. The Balaban J connectivity index is 1.89. The van der Waals surface area contributed by atoms with Gasteiger partial charge < -0.3 is 5.32 Å². The molecule has 0 spiro atoms. The standard InChI is InChI=1S/C23H22BrIN2O3S/c1-15-16(2)21(13-12-20(15)24)26-23(28)22(14-17-6-4-3-5-7-17)27-31(29,30)19-10-8-18(25)9-11-19/h3-13,22,27H,14H2,1-2H3,(H,26,28)/t22-/m0/s1. The maximum atomic E-state index is 13.2. The molecule has 0 radical (unpaired) electrons. The Bertz CT molecular complexity index is 1180. The van der Waals surface area contributed by atoms with Gasteiger partial charge in [-0.25, -0.2) is 8.42 Å². The first kappa shape index (κ1) is 23.9. The highest BCUT2D eigenvalue weighted by atomic mass is 127. The fourth-order valence-electron chi connectivity index (χ4n) is 3.05. The number of anilines is 1. The molecule has 1 atom stereocenters. The number of sulfonamides is 1. The molecule has 31 heavy (non-hydrogen) atoms. The lowest BCUT2D eigenvalue weighted by molar-refractivity contribution is -0.117. The van der Waals surface area contributed by atoms with E-state index in [1.807, 2.05) is 50.2 Å². The lowest BCUT2D eigenvalue weighted by atomic mass is 10.0. The molecule has 8 heteroatoms. The first-order valence-electron chi connectivity index (χ1n) is 9.56. The summed E-state index contributed by atoms with van der Waals surface area (Å²) in [5.74, 6) is -0.414. The van der Waals surface area contributed by atoms with E-state index in [0.717, 1.165) is 24.7 Å². The average molecular weight is 613 g/mol. The summed E-state index contributed by atoms with van der Waals surface area (Å²) in [6, 6.07) is 18.5. The fourth-order valence-corrected chi connectivity index (χ4v) is 5.03. The van der Waals surface area contributed by atoms with Crippen LogP contribution in [0.15, 0.2) is 76.1 Å². The van der Waals surface area contributed by atoms with Gasteiger partial charge in [0.25, 0.3) is 0 Å². The predicted octanol–water partition coefficient (Wildman–Crippen LogP) is 5.20. The van der Waals surface area contributed by atoms with Crippen LogP contribution in [0.1, 0.15) is 16.7 Å². The summed E-state index contributed by atoms with van der Waals surface area (Å²) in [6.45, 7) is 3.87. The predicted molar refractivity (Wildman–Crippen MR) is 136 cm³/mol. The van der Waals surface area contributed by atoms with Crippen molar-refractivity contribution >= 4 is 60.1 Å². The molecule has 0 aliphatic heterocycles. The van der Waals surface area contributed by atoms with Crippen molar-refractivity contribution in [3.63, 3.8) is 0 Å². The van der Waals surface area contributed by atoms with Gasteiger partial charge in [0.1, 0.15) is 6.04 Å². The average Bonchev–Trinajstić information content (AvgIpc) is 2.74. The molecule has 2 N–H and O–H groups in total. The third-order valence-electron chi connectivity index (χ3n) is 5.00. The van der Waals surface area contributed by atoms with Gasteiger partial charge in [0, 0.05) is 13.7 Å². The van der Waals surface area contributed by atoms with Gasteiger partial charge in [0.2, 0.25) is 15.9 Å². The topological polar surface area (TPSA) is 75.3 Å². The van der Waals surface area contributed by atoms with Crippen LogP contribution in [-0.4, -0.2) is 20.4 Å². The molecule has 0 bridgehead atoms. The van der Waals surface area contributed by atoms with E-state index in [2.05, 4.69) is 48.6 Å². The molecular weight excluding hydrogens is 591 g/mol. The van der Waals surface area contributed by atoms with Crippen molar-refractivity contribution in [1.82, 2.24) is 4.72 Å². The van der Waals surface area contributed by atoms with Crippen molar-refractivity contribution in [2.45, 2.75) is 31.2 Å². The molecule has 5 nitrogen and oxygen atoms in total. The SMILES string of the molecule is Cc1c(Br)ccc(NC(=O)[C@H](Cc2ccccc2)NS(=O)(=O)c2ccc(I)cc2)c1C. The summed E-state index contributed by atoms with van der Waals surface area (Å²) in [5, 5.41) is 2.89. The molecule has 0 fully saturated rings. The summed E-state index contributed by atoms with van der Waals surface area (Å²) < 4.78 is 30.4. The number of benzene rings is 3. The number of hydrogen-bond donors (Lipinski definition) is 2. The normalized spacial score (nSPS) is 12.4. The number of nitrogens with one attached hydrogen (secondary N) is 2. The summed E-state index contributed by atoms with van der Waals surface area (Å²) in [5.41, 5.74) is 3.44. The van der Waals surface area contributed by atoms with Crippen LogP contribution in [0.3, 0.4) is 0 Å². The molecule has 0 aromatic heterocycles. The van der Waals surface area contributed by atoms with Crippen LogP contribution < -0.4 is 10.0 Å². The Labute approximate surface area is 205 Å². The summed E-state index contributed by atoms with van der Waals surface area (Å²) in [4.78, 5) is 13.3. The molecule has 0 unspecified atom stereocenters. The largest absolute Gasteiger partial charge is 0.324 e. The molecule has 0 heterocycles. The second-order valence-corrected chi connectivity index (χ2v) is 11.0. The van der Waals surface area contributed by atoms with Crippen LogP contribution >= 0.6 is 38.5 Å². The highest BCUT2D eigenvalue weighted by Crippen LogP contribution is 2.26. The Morgan fingerprint density at radius 2 is 1.61 bits per heavy atom. The first-order chi connectivity index (χ1) is 14.7. The fraction of sp³-hybridized carbons (Fsp3) is 0.174. The monoisotopic (exact) mass is 612 g/mol. The zero-order valence-electron chi connectivity index (χ0n) is 17.0. The Kier molecular flexibility index (Phi) is 7.90. The summed E-state index contributed by atoms with van der Waals surface area (Å²) in [7, 11) is -3.88. The minimum Gasteiger partial charge on any atom is -0.324 e. The van der Waals surface area contributed by atoms with Gasteiger partial charge in [0.05, 0.1) is 4.90 Å². The van der Waals surface area contributed by atoms with E-state index in [9.17, 15) is 13.2 Å². The van der Waals surface area contributed by atoms with E-state index in [1.54, 1.807) is 18.2 Å².